The second-order valence-corrected chi connectivity index (χ2v) is 7.87. The van der Waals surface area contributed by atoms with E-state index in [4.69, 9.17) is 9.88 Å². The Hall–Kier alpha value is -1.93. The van der Waals surface area contributed by atoms with Gasteiger partial charge in [-0.1, -0.05) is 25.0 Å². The molecule has 138 valence electrons. The largest absolute Gasteiger partial charge is 0.456 e. The van der Waals surface area contributed by atoms with Crippen molar-refractivity contribution in [2.75, 3.05) is 13.2 Å². The zero-order valence-corrected chi connectivity index (χ0v) is 14.9. The monoisotopic (exact) mass is 368 g/mol. The minimum atomic E-state index is -3.70. The molecular formula is C17H24N2O5S. The molecule has 1 saturated carbocycles. The fourth-order valence-electron chi connectivity index (χ4n) is 2.90. The molecule has 3 N–H and O–H groups in total. The molecule has 0 aromatic heterocycles. The normalized spacial score (nSPS) is 15.1. The SMILES string of the molecule is NS(=O)(=O)c1ccc(CCNC(=O)COC(=O)CC2CCCC2)cc1. The second-order valence-electron chi connectivity index (χ2n) is 6.30. The number of nitrogens with one attached hydrogen (secondary N) is 1. The molecule has 8 heteroatoms. The summed E-state index contributed by atoms with van der Waals surface area (Å²) < 4.78 is 27.3. The summed E-state index contributed by atoms with van der Waals surface area (Å²) >= 11 is 0. The Labute approximate surface area is 148 Å². The third-order valence-electron chi connectivity index (χ3n) is 4.28. The number of ether oxygens (including phenoxy) is 1. The van der Waals surface area contributed by atoms with Gasteiger partial charge in [-0.15, -0.1) is 0 Å². The lowest BCUT2D eigenvalue weighted by molar-refractivity contribution is -0.149. The number of rotatable bonds is 8. The van der Waals surface area contributed by atoms with Gasteiger partial charge in [-0.05, 0) is 42.9 Å². The van der Waals surface area contributed by atoms with E-state index in [1.165, 1.54) is 12.1 Å². The van der Waals surface area contributed by atoms with E-state index >= 15 is 0 Å². The van der Waals surface area contributed by atoms with Crippen molar-refractivity contribution in [2.24, 2.45) is 11.1 Å². The summed E-state index contributed by atoms with van der Waals surface area (Å²) in [6.07, 6.45) is 5.38. The van der Waals surface area contributed by atoms with Crippen molar-refractivity contribution in [1.82, 2.24) is 5.32 Å². The van der Waals surface area contributed by atoms with Crippen molar-refractivity contribution in [1.29, 1.82) is 0 Å². The third-order valence-corrected chi connectivity index (χ3v) is 5.21. The van der Waals surface area contributed by atoms with Crippen LogP contribution in [0.15, 0.2) is 29.2 Å². The topological polar surface area (TPSA) is 116 Å². The van der Waals surface area contributed by atoms with Crippen LogP contribution in [0.4, 0.5) is 0 Å². The van der Waals surface area contributed by atoms with Gasteiger partial charge in [-0.25, -0.2) is 13.6 Å². The summed E-state index contributed by atoms with van der Waals surface area (Å²) in [5.41, 5.74) is 0.867. The van der Waals surface area contributed by atoms with Gasteiger partial charge < -0.3 is 10.1 Å². The van der Waals surface area contributed by atoms with Gasteiger partial charge >= 0.3 is 5.97 Å². The van der Waals surface area contributed by atoms with Crippen LogP contribution in [0.2, 0.25) is 0 Å². The highest BCUT2D eigenvalue weighted by Crippen LogP contribution is 2.27. The molecule has 1 fully saturated rings. The first kappa shape index (κ1) is 19.4. The molecule has 0 spiro atoms. The Balaban J connectivity index is 1.64. The van der Waals surface area contributed by atoms with Crippen LogP contribution in [0.3, 0.4) is 0 Å². The van der Waals surface area contributed by atoms with Crippen molar-refractivity contribution in [3.63, 3.8) is 0 Å². The van der Waals surface area contributed by atoms with Crippen molar-refractivity contribution < 1.29 is 22.7 Å². The van der Waals surface area contributed by atoms with Crippen LogP contribution in [0.5, 0.6) is 0 Å². The van der Waals surface area contributed by atoms with Gasteiger partial charge in [0.1, 0.15) is 0 Å². The van der Waals surface area contributed by atoms with Crippen LogP contribution in [-0.4, -0.2) is 33.4 Å². The Morgan fingerprint density at radius 3 is 2.40 bits per heavy atom. The molecule has 0 saturated heterocycles. The number of esters is 1. The standard InChI is InChI=1S/C17H24N2O5S/c18-25(22,23)15-7-5-13(6-8-15)9-10-19-16(20)12-24-17(21)11-14-3-1-2-4-14/h5-8,14H,1-4,9-12H2,(H,19,20)(H2,18,22,23). The number of hydrogen-bond acceptors (Lipinski definition) is 5. The molecule has 25 heavy (non-hydrogen) atoms. The third kappa shape index (κ3) is 6.83. The molecule has 0 unspecified atom stereocenters. The highest BCUT2D eigenvalue weighted by Gasteiger charge is 2.19. The van der Waals surface area contributed by atoms with E-state index in [2.05, 4.69) is 5.32 Å². The van der Waals surface area contributed by atoms with Crippen LogP contribution in [0.1, 0.15) is 37.7 Å². The fraction of sp³-hybridized carbons (Fsp3) is 0.529. The molecule has 0 heterocycles. The number of benzene rings is 1. The van der Waals surface area contributed by atoms with E-state index in [0.717, 1.165) is 31.2 Å². The number of primary sulfonamides is 1. The fourth-order valence-corrected chi connectivity index (χ4v) is 3.41. The average Bonchev–Trinajstić information content (AvgIpc) is 3.05. The Morgan fingerprint density at radius 2 is 1.80 bits per heavy atom. The van der Waals surface area contributed by atoms with Crippen molar-refractivity contribution in [2.45, 2.75) is 43.4 Å². The molecule has 0 aliphatic heterocycles. The van der Waals surface area contributed by atoms with E-state index in [0.29, 0.717) is 25.3 Å². The molecule has 7 nitrogen and oxygen atoms in total. The average molecular weight is 368 g/mol. The molecule has 1 aliphatic rings. The van der Waals surface area contributed by atoms with E-state index < -0.39 is 10.0 Å². The molecule has 1 aliphatic carbocycles. The lowest BCUT2D eigenvalue weighted by Crippen LogP contribution is -2.30. The van der Waals surface area contributed by atoms with Crippen LogP contribution in [-0.2, 0) is 30.8 Å². The second kappa shape index (κ2) is 8.96. The maximum absolute atomic E-state index is 11.7. The van der Waals surface area contributed by atoms with Gasteiger partial charge in [-0.2, -0.15) is 0 Å². The Kier molecular flexibility index (Phi) is 6.95. The quantitative estimate of drug-likeness (QED) is 0.667. The summed E-state index contributed by atoms with van der Waals surface area (Å²) in [6.45, 7) is 0.101. The van der Waals surface area contributed by atoms with E-state index in [1.807, 2.05) is 0 Å². The Morgan fingerprint density at radius 1 is 1.16 bits per heavy atom. The van der Waals surface area contributed by atoms with E-state index in [1.54, 1.807) is 12.1 Å². The molecule has 0 bridgehead atoms. The van der Waals surface area contributed by atoms with Crippen molar-refractivity contribution in [3.05, 3.63) is 29.8 Å². The molecule has 1 aromatic rings. The zero-order chi connectivity index (χ0) is 18.3. The maximum Gasteiger partial charge on any atom is 0.306 e. The lowest BCUT2D eigenvalue weighted by atomic mass is 10.1. The van der Waals surface area contributed by atoms with E-state index in [-0.39, 0.29) is 23.4 Å². The highest BCUT2D eigenvalue weighted by molar-refractivity contribution is 7.89. The van der Waals surface area contributed by atoms with Crippen molar-refractivity contribution in [3.8, 4) is 0 Å². The molecule has 1 amide bonds. The van der Waals surface area contributed by atoms with Crippen LogP contribution in [0, 0.1) is 5.92 Å². The van der Waals surface area contributed by atoms with Gasteiger partial charge in [0.15, 0.2) is 6.61 Å². The lowest BCUT2D eigenvalue weighted by Gasteiger charge is -2.09. The van der Waals surface area contributed by atoms with Crippen molar-refractivity contribution >= 4 is 21.9 Å². The minimum absolute atomic E-state index is 0.0504. The molecule has 2 rings (SSSR count). The zero-order valence-electron chi connectivity index (χ0n) is 14.1. The molecule has 1 aromatic carbocycles. The maximum atomic E-state index is 11.7. The molecule has 0 radical (unpaired) electrons. The summed E-state index contributed by atoms with van der Waals surface area (Å²) in [7, 11) is -3.70. The summed E-state index contributed by atoms with van der Waals surface area (Å²) in [6, 6.07) is 6.15. The summed E-state index contributed by atoms with van der Waals surface area (Å²) in [5.74, 6) is -0.266. The molecular weight excluding hydrogens is 344 g/mol. The number of hydrogen-bond donors (Lipinski definition) is 2. The Bertz CT molecular complexity index is 694. The summed E-state index contributed by atoms with van der Waals surface area (Å²) in [4.78, 5) is 23.4. The van der Waals surface area contributed by atoms with Crippen LogP contribution in [0.25, 0.3) is 0 Å². The van der Waals surface area contributed by atoms with E-state index in [9.17, 15) is 18.0 Å². The predicted octanol–water partition coefficient (Wildman–Crippen LogP) is 1.12. The molecule has 0 atom stereocenters. The first-order valence-corrected chi connectivity index (χ1v) is 9.93. The minimum Gasteiger partial charge on any atom is -0.456 e. The number of sulfonamides is 1. The number of amides is 1. The highest BCUT2D eigenvalue weighted by atomic mass is 32.2. The van der Waals surface area contributed by atoms with Gasteiger partial charge in [-0.3, -0.25) is 9.59 Å². The first-order valence-electron chi connectivity index (χ1n) is 8.38. The number of nitrogens with two attached hydrogens (primary N) is 1. The number of carbonyl (C=O) groups is 2. The van der Waals surface area contributed by atoms with Gasteiger partial charge in [0.05, 0.1) is 4.90 Å². The summed E-state index contributed by atoms with van der Waals surface area (Å²) in [5, 5.41) is 7.70. The predicted molar refractivity (Wildman–Crippen MR) is 92.1 cm³/mol. The van der Waals surface area contributed by atoms with Gasteiger partial charge in [0.2, 0.25) is 10.0 Å². The van der Waals surface area contributed by atoms with Gasteiger partial charge in [0.25, 0.3) is 5.91 Å². The first-order chi connectivity index (χ1) is 11.8. The van der Waals surface area contributed by atoms with Crippen LogP contribution >= 0.6 is 0 Å². The van der Waals surface area contributed by atoms with Gasteiger partial charge in [0, 0.05) is 13.0 Å². The smallest absolute Gasteiger partial charge is 0.306 e. The number of carbonyl (C=O) groups excluding carboxylic acids is 2. The van der Waals surface area contributed by atoms with Crippen LogP contribution < -0.4 is 10.5 Å².